The molecule has 2 aromatic carbocycles. The van der Waals surface area contributed by atoms with Crippen LogP contribution in [0.3, 0.4) is 0 Å². The molecule has 0 unspecified atom stereocenters. The number of benzene rings is 2. The first-order valence-corrected chi connectivity index (χ1v) is 7.94. The topological polar surface area (TPSA) is 38.8 Å². The molecule has 0 N–H and O–H groups in total. The van der Waals surface area contributed by atoms with Gasteiger partial charge in [0.15, 0.2) is 0 Å². The number of halogens is 3. The summed E-state index contributed by atoms with van der Waals surface area (Å²) in [5.41, 5.74) is -0.559. The molecule has 0 heterocycles. The first-order valence-electron chi connectivity index (χ1n) is 7.94. The van der Waals surface area contributed by atoms with Gasteiger partial charge in [0, 0.05) is 0 Å². The van der Waals surface area contributed by atoms with E-state index in [9.17, 15) is 18.0 Å². The van der Waals surface area contributed by atoms with E-state index in [-0.39, 0.29) is 0 Å². The summed E-state index contributed by atoms with van der Waals surface area (Å²) in [6.45, 7) is 1.71. The predicted molar refractivity (Wildman–Crippen MR) is 90.8 cm³/mol. The van der Waals surface area contributed by atoms with E-state index in [0.29, 0.717) is 12.2 Å². The Hall–Kier alpha value is -2.54. The van der Waals surface area contributed by atoms with Crippen molar-refractivity contribution in [2.45, 2.75) is 25.6 Å². The number of methoxy groups -OCH3 is 1. The number of amides is 1. The average molecular weight is 367 g/mol. The summed E-state index contributed by atoms with van der Waals surface area (Å²) >= 11 is 0. The van der Waals surface area contributed by atoms with Crippen molar-refractivity contribution in [2.75, 3.05) is 14.2 Å². The quantitative estimate of drug-likeness (QED) is 0.713. The third-order valence-corrected chi connectivity index (χ3v) is 3.93. The van der Waals surface area contributed by atoms with Crippen molar-refractivity contribution in [1.82, 2.24) is 5.06 Å². The van der Waals surface area contributed by atoms with Gasteiger partial charge in [0.25, 0.3) is 5.91 Å². The summed E-state index contributed by atoms with van der Waals surface area (Å²) in [5.74, 6) is -0.178. The minimum Gasteiger partial charge on any atom is -0.497 e. The van der Waals surface area contributed by atoms with E-state index in [2.05, 4.69) is 0 Å². The first kappa shape index (κ1) is 19.8. The Kier molecular flexibility index (Phi) is 6.26. The van der Waals surface area contributed by atoms with Gasteiger partial charge in [-0.05, 0) is 43.2 Å². The Morgan fingerprint density at radius 3 is 2.42 bits per heavy atom. The Labute approximate surface area is 150 Å². The lowest BCUT2D eigenvalue weighted by molar-refractivity contribution is -0.140. The number of alkyl halides is 3. The highest BCUT2D eigenvalue weighted by molar-refractivity contribution is 5.95. The van der Waals surface area contributed by atoms with Crippen molar-refractivity contribution >= 4 is 5.91 Å². The number of carbonyl (C=O) groups excluding carboxylic acids is 1. The van der Waals surface area contributed by atoms with Crippen molar-refractivity contribution < 1.29 is 27.5 Å². The van der Waals surface area contributed by atoms with Crippen molar-refractivity contribution in [2.24, 2.45) is 0 Å². The summed E-state index contributed by atoms with van der Waals surface area (Å²) in [7, 11) is 2.80. The molecule has 4 nitrogen and oxygen atoms in total. The number of hydrogen-bond acceptors (Lipinski definition) is 3. The highest BCUT2D eigenvalue weighted by atomic mass is 19.4. The molecule has 7 heteroatoms. The van der Waals surface area contributed by atoms with Gasteiger partial charge in [-0.25, -0.2) is 5.06 Å². The Balaban J connectivity index is 2.26. The van der Waals surface area contributed by atoms with Gasteiger partial charge in [0.2, 0.25) is 0 Å². The van der Waals surface area contributed by atoms with E-state index in [1.807, 2.05) is 6.07 Å². The van der Waals surface area contributed by atoms with Crippen LogP contribution in [-0.4, -0.2) is 31.2 Å². The lowest BCUT2D eigenvalue weighted by atomic mass is 10.0. The van der Waals surface area contributed by atoms with Crippen LogP contribution >= 0.6 is 0 Å². The SMILES string of the molecule is COc1cccc(C[C@@H](C)N(OC)C(=O)c2ccccc2C(F)(F)F)c1. The van der Waals surface area contributed by atoms with E-state index in [4.69, 9.17) is 9.57 Å². The van der Waals surface area contributed by atoms with Crippen molar-refractivity contribution in [3.8, 4) is 5.75 Å². The number of hydroxylamine groups is 2. The summed E-state index contributed by atoms with van der Waals surface area (Å²) in [6.07, 6.45) is -4.23. The van der Waals surface area contributed by atoms with Crippen molar-refractivity contribution in [3.63, 3.8) is 0 Å². The number of hydrogen-bond donors (Lipinski definition) is 0. The monoisotopic (exact) mass is 367 g/mol. The van der Waals surface area contributed by atoms with Crippen LogP contribution in [-0.2, 0) is 17.4 Å². The second kappa shape index (κ2) is 8.23. The zero-order valence-corrected chi connectivity index (χ0v) is 14.7. The van der Waals surface area contributed by atoms with Gasteiger partial charge in [0.05, 0.1) is 31.4 Å². The third kappa shape index (κ3) is 4.54. The van der Waals surface area contributed by atoms with Crippen LogP contribution in [0.5, 0.6) is 5.75 Å². The molecule has 0 saturated heterocycles. The van der Waals surface area contributed by atoms with Crippen LogP contribution in [0.4, 0.5) is 13.2 Å². The Bertz CT molecular complexity index is 762. The number of nitrogens with zero attached hydrogens (tertiary/aromatic N) is 1. The van der Waals surface area contributed by atoms with Gasteiger partial charge in [-0.15, -0.1) is 0 Å². The molecule has 26 heavy (non-hydrogen) atoms. The van der Waals surface area contributed by atoms with Crippen molar-refractivity contribution in [1.29, 1.82) is 0 Å². The minimum atomic E-state index is -4.62. The number of ether oxygens (including phenoxy) is 1. The van der Waals surface area contributed by atoms with E-state index in [0.717, 1.165) is 22.8 Å². The molecular weight excluding hydrogens is 347 g/mol. The van der Waals surface area contributed by atoms with Crippen LogP contribution in [0.1, 0.15) is 28.4 Å². The molecule has 2 rings (SSSR count). The number of carbonyl (C=O) groups is 1. The summed E-state index contributed by atoms with van der Waals surface area (Å²) in [5, 5.41) is 0.962. The maximum Gasteiger partial charge on any atom is 0.417 e. The average Bonchev–Trinajstić information content (AvgIpc) is 2.61. The fourth-order valence-electron chi connectivity index (χ4n) is 2.72. The maximum absolute atomic E-state index is 13.2. The molecule has 0 aliphatic rings. The van der Waals surface area contributed by atoms with E-state index < -0.39 is 29.3 Å². The molecule has 140 valence electrons. The number of rotatable bonds is 6. The molecule has 1 amide bonds. The highest BCUT2D eigenvalue weighted by Gasteiger charge is 2.36. The maximum atomic E-state index is 13.2. The molecule has 0 fully saturated rings. The standard InChI is InChI=1S/C19H20F3NO3/c1-13(11-14-7-6-8-15(12-14)25-2)23(26-3)18(24)16-9-4-5-10-17(16)19(20,21)22/h4-10,12-13H,11H2,1-3H3/t13-/m1/s1. The molecule has 0 aromatic heterocycles. The summed E-state index contributed by atoms with van der Waals surface area (Å²) in [4.78, 5) is 17.8. The van der Waals surface area contributed by atoms with Crippen LogP contribution < -0.4 is 4.74 Å². The molecule has 2 aromatic rings. The molecule has 0 bridgehead atoms. The first-order chi connectivity index (χ1) is 12.3. The van der Waals surface area contributed by atoms with Crippen LogP contribution in [0.15, 0.2) is 48.5 Å². The van der Waals surface area contributed by atoms with Crippen LogP contribution in [0.2, 0.25) is 0 Å². The molecule has 0 spiro atoms. The molecule has 1 atom stereocenters. The summed E-state index contributed by atoms with van der Waals surface area (Å²) < 4.78 is 44.7. The molecular formula is C19H20F3NO3. The predicted octanol–water partition coefficient (Wildman–Crippen LogP) is 4.35. The molecule has 0 aliphatic carbocycles. The van der Waals surface area contributed by atoms with E-state index in [1.54, 1.807) is 32.2 Å². The Morgan fingerprint density at radius 1 is 1.12 bits per heavy atom. The minimum absolute atomic E-state index is 0.394. The van der Waals surface area contributed by atoms with Gasteiger partial charge in [-0.1, -0.05) is 24.3 Å². The van der Waals surface area contributed by atoms with Gasteiger partial charge >= 0.3 is 6.18 Å². The lowest BCUT2D eigenvalue weighted by Gasteiger charge is -2.27. The molecule has 0 aliphatic heterocycles. The lowest BCUT2D eigenvalue weighted by Crippen LogP contribution is -2.39. The largest absolute Gasteiger partial charge is 0.497 e. The highest BCUT2D eigenvalue weighted by Crippen LogP contribution is 2.32. The second-order valence-corrected chi connectivity index (χ2v) is 5.76. The molecule has 0 radical (unpaired) electrons. The van der Waals surface area contributed by atoms with Gasteiger partial charge < -0.3 is 4.74 Å². The normalized spacial score (nSPS) is 12.5. The second-order valence-electron chi connectivity index (χ2n) is 5.76. The zero-order valence-electron chi connectivity index (χ0n) is 14.7. The van der Waals surface area contributed by atoms with Crippen molar-refractivity contribution in [3.05, 3.63) is 65.2 Å². The zero-order chi connectivity index (χ0) is 19.3. The fourth-order valence-corrected chi connectivity index (χ4v) is 2.72. The molecule has 0 saturated carbocycles. The van der Waals surface area contributed by atoms with Crippen LogP contribution in [0.25, 0.3) is 0 Å². The Morgan fingerprint density at radius 2 is 1.81 bits per heavy atom. The van der Waals surface area contributed by atoms with Crippen LogP contribution in [0, 0.1) is 0 Å². The summed E-state index contributed by atoms with van der Waals surface area (Å²) in [6, 6.07) is 11.4. The van der Waals surface area contributed by atoms with Gasteiger partial charge in [-0.2, -0.15) is 13.2 Å². The smallest absolute Gasteiger partial charge is 0.417 e. The van der Waals surface area contributed by atoms with E-state index >= 15 is 0 Å². The van der Waals surface area contributed by atoms with Gasteiger partial charge in [0.1, 0.15) is 5.75 Å². The van der Waals surface area contributed by atoms with Gasteiger partial charge in [-0.3, -0.25) is 9.63 Å². The third-order valence-electron chi connectivity index (χ3n) is 3.93. The fraction of sp³-hybridized carbons (Fsp3) is 0.316. The van der Waals surface area contributed by atoms with E-state index in [1.165, 1.54) is 19.2 Å².